The number of nitrogen functional groups attached to an aromatic ring is 1. The van der Waals surface area contributed by atoms with E-state index in [2.05, 4.69) is 10.1 Å². The zero-order valence-electron chi connectivity index (χ0n) is 10.5. The number of anilines is 1. The molecular formula is C13H17N3O3. The van der Waals surface area contributed by atoms with E-state index in [0.717, 1.165) is 18.4 Å². The maximum absolute atomic E-state index is 12.1. The van der Waals surface area contributed by atoms with Gasteiger partial charge in [0.1, 0.15) is 6.61 Å². The van der Waals surface area contributed by atoms with Crippen molar-refractivity contribution in [3.05, 3.63) is 29.8 Å². The first-order chi connectivity index (χ1) is 9.04. The summed E-state index contributed by atoms with van der Waals surface area (Å²) in [5, 5.41) is 2.75. The lowest BCUT2D eigenvalue weighted by Gasteiger charge is -2.15. The average Bonchev–Trinajstić information content (AvgIpc) is 3.16. The molecule has 19 heavy (non-hydrogen) atoms. The summed E-state index contributed by atoms with van der Waals surface area (Å²) in [4.78, 5) is 22.5. The summed E-state index contributed by atoms with van der Waals surface area (Å²) in [5.74, 6) is -0.0506. The van der Waals surface area contributed by atoms with Crippen LogP contribution in [0.15, 0.2) is 24.3 Å². The number of benzene rings is 1. The number of carbonyl (C=O) groups is 2. The Hall–Kier alpha value is -2.24. The molecule has 1 aromatic rings. The molecule has 1 aliphatic carbocycles. The number of nitrogens with one attached hydrogen (secondary N) is 1. The number of amides is 2. The Balaban J connectivity index is 1.91. The van der Waals surface area contributed by atoms with Gasteiger partial charge in [-0.2, -0.15) is 0 Å². The Morgan fingerprint density at radius 3 is 2.42 bits per heavy atom. The summed E-state index contributed by atoms with van der Waals surface area (Å²) in [6.07, 6.45) is 0.799. The lowest BCUT2D eigenvalue weighted by molar-refractivity contribution is -0.123. The molecule has 0 saturated heterocycles. The van der Waals surface area contributed by atoms with Gasteiger partial charge in [-0.15, -0.1) is 0 Å². The quantitative estimate of drug-likeness (QED) is 0.531. The molecule has 1 saturated carbocycles. The van der Waals surface area contributed by atoms with Crippen LogP contribution in [-0.2, 0) is 14.9 Å². The normalized spacial score (nSPS) is 15.6. The van der Waals surface area contributed by atoms with Crippen LogP contribution in [0.4, 0.5) is 10.5 Å². The molecule has 2 amide bonds. The van der Waals surface area contributed by atoms with Crippen molar-refractivity contribution in [2.24, 2.45) is 5.73 Å². The first-order valence-corrected chi connectivity index (χ1v) is 6.11. The number of hydrogen-bond acceptors (Lipinski definition) is 4. The highest BCUT2D eigenvalue weighted by molar-refractivity contribution is 5.91. The third kappa shape index (κ3) is 2.96. The molecule has 2 rings (SSSR count). The molecule has 0 heterocycles. The molecular weight excluding hydrogens is 246 g/mol. The first-order valence-electron chi connectivity index (χ1n) is 6.11. The molecule has 0 aromatic heterocycles. The molecule has 0 spiro atoms. The maximum Gasteiger partial charge on any atom is 0.404 e. The van der Waals surface area contributed by atoms with E-state index in [9.17, 15) is 9.59 Å². The molecule has 102 valence electrons. The Bertz CT molecular complexity index is 480. The van der Waals surface area contributed by atoms with Crippen molar-refractivity contribution >= 4 is 17.7 Å². The van der Waals surface area contributed by atoms with Gasteiger partial charge in [0, 0.05) is 5.69 Å². The van der Waals surface area contributed by atoms with E-state index in [1.165, 1.54) is 0 Å². The van der Waals surface area contributed by atoms with E-state index < -0.39 is 11.5 Å². The van der Waals surface area contributed by atoms with Crippen LogP contribution in [0.1, 0.15) is 18.4 Å². The van der Waals surface area contributed by atoms with Crippen molar-refractivity contribution in [1.82, 2.24) is 5.32 Å². The smallest absolute Gasteiger partial charge is 0.404 e. The fourth-order valence-electron chi connectivity index (χ4n) is 2.06. The maximum atomic E-state index is 12.1. The van der Waals surface area contributed by atoms with Crippen molar-refractivity contribution in [3.8, 4) is 0 Å². The summed E-state index contributed by atoms with van der Waals surface area (Å²) in [6.45, 7) is 0.345. The van der Waals surface area contributed by atoms with Crippen LogP contribution in [0.3, 0.4) is 0 Å². The van der Waals surface area contributed by atoms with Gasteiger partial charge in [-0.3, -0.25) is 4.79 Å². The summed E-state index contributed by atoms with van der Waals surface area (Å²) in [6, 6.07) is 7.33. The predicted octanol–water partition coefficient (Wildman–Crippen LogP) is 0.512. The number of rotatable bonds is 5. The van der Waals surface area contributed by atoms with Gasteiger partial charge in [-0.05, 0) is 30.5 Å². The fraction of sp³-hybridized carbons (Fsp3) is 0.385. The van der Waals surface area contributed by atoms with Crippen LogP contribution in [0.25, 0.3) is 0 Å². The molecule has 1 fully saturated rings. The highest BCUT2D eigenvalue weighted by Gasteiger charge is 2.50. The Labute approximate surface area is 111 Å². The van der Waals surface area contributed by atoms with Gasteiger partial charge >= 0.3 is 6.09 Å². The van der Waals surface area contributed by atoms with Crippen molar-refractivity contribution < 1.29 is 14.3 Å². The van der Waals surface area contributed by atoms with Crippen molar-refractivity contribution in [1.29, 1.82) is 0 Å². The first kappa shape index (κ1) is 13.2. The minimum atomic E-state index is -0.839. The van der Waals surface area contributed by atoms with Crippen LogP contribution in [-0.4, -0.2) is 25.2 Å². The molecule has 5 N–H and O–H groups in total. The van der Waals surface area contributed by atoms with E-state index in [1.807, 2.05) is 12.1 Å². The topological polar surface area (TPSA) is 107 Å². The second-order valence-electron chi connectivity index (χ2n) is 4.63. The lowest BCUT2D eigenvalue weighted by Crippen LogP contribution is -2.37. The van der Waals surface area contributed by atoms with E-state index in [-0.39, 0.29) is 19.1 Å². The Morgan fingerprint density at radius 1 is 1.26 bits per heavy atom. The van der Waals surface area contributed by atoms with Gasteiger partial charge in [-0.1, -0.05) is 12.1 Å². The summed E-state index contributed by atoms with van der Waals surface area (Å²) in [7, 11) is 0. The molecule has 1 aromatic carbocycles. The zero-order valence-corrected chi connectivity index (χ0v) is 10.5. The van der Waals surface area contributed by atoms with Gasteiger partial charge in [0.2, 0.25) is 5.91 Å². The molecule has 6 nitrogen and oxygen atoms in total. The van der Waals surface area contributed by atoms with Gasteiger partial charge in [0.15, 0.2) is 0 Å². The standard InChI is InChI=1S/C13H17N3O3/c14-10-3-1-9(2-4-10)13(5-6-13)11(17)16-7-8-19-12(15)18/h1-4H,5-8,14H2,(H2,15,18)(H,16,17). The number of nitrogens with two attached hydrogens (primary N) is 2. The minimum Gasteiger partial charge on any atom is -0.448 e. The highest BCUT2D eigenvalue weighted by Crippen LogP contribution is 2.48. The monoisotopic (exact) mass is 263 g/mol. The number of ether oxygens (including phenoxy) is 1. The zero-order chi connectivity index (χ0) is 13.9. The molecule has 0 atom stereocenters. The molecule has 6 heteroatoms. The average molecular weight is 263 g/mol. The number of primary amides is 1. The fourth-order valence-corrected chi connectivity index (χ4v) is 2.06. The molecule has 1 aliphatic rings. The van der Waals surface area contributed by atoms with Gasteiger partial charge < -0.3 is 21.5 Å². The SMILES string of the molecule is NC(=O)OCCNC(=O)C1(c2ccc(N)cc2)CC1. The summed E-state index contributed by atoms with van der Waals surface area (Å²) < 4.78 is 4.55. The highest BCUT2D eigenvalue weighted by atomic mass is 16.5. The van der Waals surface area contributed by atoms with Crippen LogP contribution >= 0.6 is 0 Å². The van der Waals surface area contributed by atoms with E-state index in [4.69, 9.17) is 11.5 Å². The van der Waals surface area contributed by atoms with Crippen molar-refractivity contribution in [2.75, 3.05) is 18.9 Å². The van der Waals surface area contributed by atoms with E-state index in [1.54, 1.807) is 12.1 Å². The second-order valence-corrected chi connectivity index (χ2v) is 4.63. The van der Waals surface area contributed by atoms with E-state index >= 15 is 0 Å². The van der Waals surface area contributed by atoms with Gasteiger partial charge in [0.25, 0.3) is 0 Å². The van der Waals surface area contributed by atoms with Crippen LogP contribution in [0.2, 0.25) is 0 Å². The largest absolute Gasteiger partial charge is 0.448 e. The van der Waals surface area contributed by atoms with Gasteiger partial charge in [-0.25, -0.2) is 4.79 Å². The molecule has 0 unspecified atom stereocenters. The third-order valence-corrected chi connectivity index (χ3v) is 3.28. The summed E-state index contributed by atoms with van der Waals surface area (Å²) >= 11 is 0. The lowest BCUT2D eigenvalue weighted by atomic mass is 9.95. The third-order valence-electron chi connectivity index (χ3n) is 3.28. The number of carbonyl (C=O) groups excluding carboxylic acids is 2. The molecule has 0 aliphatic heterocycles. The van der Waals surface area contributed by atoms with Crippen LogP contribution in [0.5, 0.6) is 0 Å². The molecule has 0 bridgehead atoms. The van der Waals surface area contributed by atoms with Crippen LogP contribution < -0.4 is 16.8 Å². The Morgan fingerprint density at radius 2 is 1.89 bits per heavy atom. The van der Waals surface area contributed by atoms with E-state index in [0.29, 0.717) is 5.69 Å². The number of hydrogen-bond donors (Lipinski definition) is 3. The van der Waals surface area contributed by atoms with Gasteiger partial charge in [0.05, 0.1) is 12.0 Å². The predicted molar refractivity (Wildman–Crippen MR) is 70.3 cm³/mol. The van der Waals surface area contributed by atoms with Crippen molar-refractivity contribution in [3.63, 3.8) is 0 Å². The second kappa shape index (κ2) is 5.17. The minimum absolute atomic E-state index is 0.0506. The van der Waals surface area contributed by atoms with Crippen molar-refractivity contribution in [2.45, 2.75) is 18.3 Å². The molecule has 0 radical (unpaired) electrons. The summed E-state index contributed by atoms with van der Waals surface area (Å²) in [5.41, 5.74) is 11.7. The van der Waals surface area contributed by atoms with Crippen LogP contribution in [0, 0.1) is 0 Å². The Kier molecular flexibility index (Phi) is 3.59.